The van der Waals surface area contributed by atoms with Crippen LogP contribution in [0.25, 0.3) is 21.2 Å². The van der Waals surface area contributed by atoms with Crippen molar-refractivity contribution >= 4 is 32.8 Å². The van der Waals surface area contributed by atoms with E-state index in [0.29, 0.717) is 0 Å². The van der Waals surface area contributed by atoms with Crippen molar-refractivity contribution < 1.29 is 0 Å². The Morgan fingerprint density at radius 2 is 1.30 bits per heavy atom. The highest BCUT2D eigenvalue weighted by Gasteiger charge is 2.17. The van der Waals surface area contributed by atoms with Gasteiger partial charge in [-0.3, -0.25) is 0 Å². The zero-order valence-electron chi connectivity index (χ0n) is 18.8. The third kappa shape index (κ3) is 4.15. The molecule has 1 nitrogen and oxygen atoms in total. The van der Waals surface area contributed by atoms with E-state index in [-0.39, 0.29) is 10.8 Å². The van der Waals surface area contributed by atoms with E-state index >= 15 is 0 Å². The molecule has 0 saturated carbocycles. The molecule has 0 atom stereocenters. The molecule has 0 aliphatic rings. The Balaban J connectivity index is 1.72. The number of anilines is 2. The number of fused-ring (bicyclic) bond motifs is 1. The first-order valence-corrected chi connectivity index (χ1v) is 11.5. The van der Waals surface area contributed by atoms with Crippen molar-refractivity contribution in [3.8, 4) is 11.1 Å². The number of para-hydroxylation sites is 1. The molecule has 154 valence electrons. The lowest BCUT2D eigenvalue weighted by Crippen LogP contribution is -2.10. The van der Waals surface area contributed by atoms with Gasteiger partial charge in [0.05, 0.1) is 5.69 Å². The quantitative estimate of drug-likeness (QED) is 0.353. The van der Waals surface area contributed by atoms with Crippen LogP contribution in [0.3, 0.4) is 0 Å². The molecule has 1 aromatic heterocycles. The molecule has 0 saturated heterocycles. The fourth-order valence-electron chi connectivity index (χ4n) is 3.73. The lowest BCUT2D eigenvalue weighted by atomic mass is 9.86. The maximum atomic E-state index is 3.73. The van der Waals surface area contributed by atoms with Crippen LogP contribution in [0.2, 0.25) is 0 Å². The molecule has 0 unspecified atom stereocenters. The van der Waals surface area contributed by atoms with Gasteiger partial charge in [-0.05, 0) is 45.7 Å². The van der Waals surface area contributed by atoms with Crippen molar-refractivity contribution in [2.45, 2.75) is 52.4 Å². The molecule has 0 aliphatic carbocycles. The summed E-state index contributed by atoms with van der Waals surface area (Å²) in [6.07, 6.45) is 0. The van der Waals surface area contributed by atoms with E-state index in [1.165, 1.54) is 38.0 Å². The molecule has 0 bridgehead atoms. The van der Waals surface area contributed by atoms with Crippen LogP contribution in [0.4, 0.5) is 11.4 Å². The SMILES string of the molecule is CC(C)(C)c1ccc(-c2ccccc2Nc2csc3ccc(C(C)(C)C)cc23)cc1. The molecule has 1 N–H and O–H groups in total. The highest BCUT2D eigenvalue weighted by Crippen LogP contribution is 2.38. The Hall–Kier alpha value is -2.58. The van der Waals surface area contributed by atoms with Crippen LogP contribution in [0.15, 0.2) is 72.1 Å². The van der Waals surface area contributed by atoms with Gasteiger partial charge in [0.2, 0.25) is 0 Å². The number of thiophene rings is 1. The van der Waals surface area contributed by atoms with Crippen molar-refractivity contribution in [3.63, 3.8) is 0 Å². The molecule has 30 heavy (non-hydrogen) atoms. The lowest BCUT2D eigenvalue weighted by molar-refractivity contribution is 0.590. The minimum atomic E-state index is 0.139. The normalized spacial score (nSPS) is 12.3. The minimum absolute atomic E-state index is 0.139. The first-order chi connectivity index (χ1) is 14.1. The summed E-state index contributed by atoms with van der Waals surface area (Å²) < 4.78 is 1.32. The predicted molar refractivity (Wildman–Crippen MR) is 134 cm³/mol. The van der Waals surface area contributed by atoms with Crippen LogP contribution in [0.5, 0.6) is 0 Å². The number of rotatable bonds is 3. The van der Waals surface area contributed by atoms with Crippen LogP contribution < -0.4 is 5.32 Å². The van der Waals surface area contributed by atoms with E-state index in [9.17, 15) is 0 Å². The van der Waals surface area contributed by atoms with Crippen LogP contribution in [-0.2, 0) is 10.8 Å². The van der Waals surface area contributed by atoms with E-state index in [2.05, 4.69) is 119 Å². The summed E-state index contributed by atoms with van der Waals surface area (Å²) in [6.45, 7) is 13.6. The maximum absolute atomic E-state index is 3.73. The van der Waals surface area contributed by atoms with Gasteiger partial charge in [0.15, 0.2) is 0 Å². The molecule has 0 aliphatic heterocycles. The van der Waals surface area contributed by atoms with Crippen LogP contribution in [0, 0.1) is 0 Å². The first-order valence-electron chi connectivity index (χ1n) is 10.6. The molecule has 0 fully saturated rings. The lowest BCUT2D eigenvalue weighted by Gasteiger charge is -2.20. The molecular formula is C28H31NS. The van der Waals surface area contributed by atoms with E-state index in [4.69, 9.17) is 0 Å². The Kier molecular flexibility index (Phi) is 5.23. The largest absolute Gasteiger partial charge is 0.354 e. The van der Waals surface area contributed by atoms with Gasteiger partial charge in [0.1, 0.15) is 0 Å². The van der Waals surface area contributed by atoms with E-state index in [0.717, 1.165) is 5.69 Å². The van der Waals surface area contributed by atoms with Crippen molar-refractivity contribution in [2.75, 3.05) is 5.32 Å². The molecular weight excluding hydrogens is 382 g/mol. The summed E-state index contributed by atoms with van der Waals surface area (Å²) in [4.78, 5) is 0. The fourth-order valence-corrected chi connectivity index (χ4v) is 4.60. The summed E-state index contributed by atoms with van der Waals surface area (Å²) in [6, 6.07) is 24.4. The van der Waals surface area contributed by atoms with Crippen LogP contribution in [-0.4, -0.2) is 0 Å². The summed E-state index contributed by atoms with van der Waals surface area (Å²) in [5, 5.41) is 7.26. The summed E-state index contributed by atoms with van der Waals surface area (Å²) >= 11 is 1.80. The Morgan fingerprint density at radius 1 is 0.667 bits per heavy atom. The van der Waals surface area contributed by atoms with Gasteiger partial charge in [0.25, 0.3) is 0 Å². The average molecular weight is 414 g/mol. The summed E-state index contributed by atoms with van der Waals surface area (Å²) in [5.41, 5.74) is 7.81. The molecule has 1 heterocycles. The molecule has 3 aromatic carbocycles. The van der Waals surface area contributed by atoms with Crippen molar-refractivity contribution in [1.29, 1.82) is 0 Å². The number of nitrogens with one attached hydrogen (secondary N) is 1. The third-order valence-electron chi connectivity index (χ3n) is 5.70. The molecule has 0 spiro atoms. The maximum Gasteiger partial charge on any atom is 0.0573 e. The highest BCUT2D eigenvalue weighted by molar-refractivity contribution is 7.17. The van der Waals surface area contributed by atoms with Gasteiger partial charge in [-0.1, -0.05) is 90.1 Å². The van der Waals surface area contributed by atoms with Crippen molar-refractivity contribution in [2.24, 2.45) is 0 Å². The fraction of sp³-hybridized carbons (Fsp3) is 0.286. The minimum Gasteiger partial charge on any atom is -0.354 e. The van der Waals surface area contributed by atoms with E-state index in [1.807, 2.05) is 0 Å². The standard InChI is InChI=1S/C28H31NS/c1-27(2,3)20-13-11-19(12-14-20)22-9-7-8-10-24(22)29-25-18-30-26-16-15-21(17-23(25)26)28(4,5)6/h7-18,29H,1-6H3. The zero-order chi connectivity index (χ0) is 21.5. The summed E-state index contributed by atoms with van der Waals surface area (Å²) in [7, 11) is 0. The second-order valence-corrected chi connectivity index (χ2v) is 11.0. The van der Waals surface area contributed by atoms with Gasteiger partial charge in [0, 0.05) is 26.7 Å². The zero-order valence-corrected chi connectivity index (χ0v) is 19.7. The molecule has 4 rings (SSSR count). The van der Waals surface area contributed by atoms with Crippen LogP contribution in [0.1, 0.15) is 52.7 Å². The van der Waals surface area contributed by atoms with Crippen molar-refractivity contribution in [1.82, 2.24) is 0 Å². The third-order valence-corrected chi connectivity index (χ3v) is 6.66. The van der Waals surface area contributed by atoms with Crippen LogP contribution >= 0.6 is 11.3 Å². The second-order valence-electron chi connectivity index (χ2n) is 10.1. The van der Waals surface area contributed by atoms with Gasteiger partial charge in [-0.25, -0.2) is 0 Å². The molecule has 2 heteroatoms. The number of hydrogen-bond acceptors (Lipinski definition) is 2. The Morgan fingerprint density at radius 3 is 1.97 bits per heavy atom. The highest BCUT2D eigenvalue weighted by atomic mass is 32.1. The van der Waals surface area contributed by atoms with Gasteiger partial charge >= 0.3 is 0 Å². The average Bonchev–Trinajstić information content (AvgIpc) is 3.09. The Bertz CT molecular complexity index is 1170. The number of benzene rings is 3. The summed E-state index contributed by atoms with van der Waals surface area (Å²) in [5.74, 6) is 0. The predicted octanol–water partition coefficient (Wildman–Crippen LogP) is 8.91. The van der Waals surface area contributed by atoms with E-state index < -0.39 is 0 Å². The molecule has 0 amide bonds. The second kappa shape index (κ2) is 7.59. The monoisotopic (exact) mass is 413 g/mol. The topological polar surface area (TPSA) is 12.0 Å². The van der Waals surface area contributed by atoms with Gasteiger partial charge < -0.3 is 5.32 Å². The smallest absolute Gasteiger partial charge is 0.0573 e. The van der Waals surface area contributed by atoms with Gasteiger partial charge in [-0.15, -0.1) is 11.3 Å². The molecule has 0 radical (unpaired) electrons. The number of hydrogen-bond donors (Lipinski definition) is 1. The van der Waals surface area contributed by atoms with Crippen molar-refractivity contribution in [3.05, 3.63) is 83.2 Å². The Labute approximate surface area is 184 Å². The molecule has 4 aromatic rings. The van der Waals surface area contributed by atoms with Gasteiger partial charge in [-0.2, -0.15) is 0 Å². The first kappa shape index (κ1) is 20.7. The van der Waals surface area contributed by atoms with E-state index in [1.54, 1.807) is 11.3 Å².